The fraction of sp³-hybridized carbons (Fsp3) is 0.367. The summed E-state index contributed by atoms with van der Waals surface area (Å²) in [5.41, 5.74) is 4.87. The molecule has 1 unspecified atom stereocenters. The molecule has 0 amide bonds. The lowest BCUT2D eigenvalue weighted by Gasteiger charge is -2.28. The van der Waals surface area contributed by atoms with Crippen molar-refractivity contribution in [1.82, 2.24) is 0 Å². The van der Waals surface area contributed by atoms with Crippen LogP contribution in [-0.4, -0.2) is 18.2 Å². The SMILES string of the molecule is Cc1ccc(C2c3ccccc3Sc3cc(OCCCCCC(=O)OC(C)(C)C)ccc32)cc1. The molecule has 0 spiro atoms. The quantitative estimate of drug-likeness (QED) is 0.192. The molecule has 0 aliphatic carbocycles. The summed E-state index contributed by atoms with van der Waals surface area (Å²) >= 11 is 1.82. The number of benzene rings is 3. The lowest BCUT2D eigenvalue weighted by atomic mass is 9.84. The number of carbonyl (C=O) groups excluding carboxylic acids is 1. The molecule has 0 saturated carbocycles. The zero-order valence-electron chi connectivity index (χ0n) is 20.6. The van der Waals surface area contributed by atoms with Crippen molar-refractivity contribution in [2.45, 2.75) is 74.7 Å². The van der Waals surface area contributed by atoms with Crippen LogP contribution in [-0.2, 0) is 9.53 Å². The number of carbonyl (C=O) groups is 1. The molecule has 3 aromatic rings. The van der Waals surface area contributed by atoms with Gasteiger partial charge in [-0.2, -0.15) is 0 Å². The maximum atomic E-state index is 11.8. The van der Waals surface area contributed by atoms with E-state index in [0.29, 0.717) is 13.0 Å². The largest absolute Gasteiger partial charge is 0.494 e. The molecular formula is C30H34O3S. The van der Waals surface area contributed by atoms with Gasteiger partial charge in [-0.25, -0.2) is 0 Å². The van der Waals surface area contributed by atoms with Crippen molar-refractivity contribution in [3.05, 3.63) is 89.0 Å². The first-order chi connectivity index (χ1) is 16.3. The van der Waals surface area contributed by atoms with E-state index in [1.165, 1.54) is 32.0 Å². The molecule has 178 valence electrons. The molecule has 34 heavy (non-hydrogen) atoms. The molecule has 0 aromatic heterocycles. The summed E-state index contributed by atoms with van der Waals surface area (Å²) in [5, 5.41) is 0. The van der Waals surface area contributed by atoms with Gasteiger partial charge in [0.2, 0.25) is 0 Å². The molecule has 0 bridgehead atoms. The van der Waals surface area contributed by atoms with Crippen molar-refractivity contribution >= 4 is 17.7 Å². The van der Waals surface area contributed by atoms with Crippen molar-refractivity contribution in [3.63, 3.8) is 0 Å². The van der Waals surface area contributed by atoms with E-state index in [0.717, 1.165) is 25.0 Å². The first kappa shape index (κ1) is 24.4. The minimum Gasteiger partial charge on any atom is -0.494 e. The van der Waals surface area contributed by atoms with Crippen LogP contribution in [0.5, 0.6) is 5.75 Å². The van der Waals surface area contributed by atoms with Gasteiger partial charge in [0.1, 0.15) is 11.4 Å². The summed E-state index contributed by atoms with van der Waals surface area (Å²) < 4.78 is 11.4. The molecule has 3 aromatic carbocycles. The first-order valence-electron chi connectivity index (χ1n) is 12.1. The minimum atomic E-state index is -0.413. The fourth-order valence-corrected chi connectivity index (χ4v) is 5.44. The summed E-state index contributed by atoms with van der Waals surface area (Å²) in [4.78, 5) is 14.4. The van der Waals surface area contributed by atoms with Crippen molar-refractivity contribution in [2.24, 2.45) is 0 Å². The van der Waals surface area contributed by atoms with Gasteiger partial charge in [-0.3, -0.25) is 4.79 Å². The van der Waals surface area contributed by atoms with Crippen molar-refractivity contribution in [1.29, 1.82) is 0 Å². The van der Waals surface area contributed by atoms with Crippen LogP contribution < -0.4 is 4.74 Å². The molecule has 0 fully saturated rings. The van der Waals surface area contributed by atoms with Gasteiger partial charge in [0.15, 0.2) is 0 Å². The monoisotopic (exact) mass is 474 g/mol. The van der Waals surface area contributed by atoms with Crippen LogP contribution in [0.3, 0.4) is 0 Å². The second-order valence-corrected chi connectivity index (χ2v) is 11.0. The van der Waals surface area contributed by atoms with Gasteiger partial charge < -0.3 is 9.47 Å². The molecule has 4 rings (SSSR count). The van der Waals surface area contributed by atoms with Gasteiger partial charge in [-0.05, 0) is 81.8 Å². The van der Waals surface area contributed by atoms with Crippen molar-refractivity contribution in [2.75, 3.05) is 6.61 Å². The van der Waals surface area contributed by atoms with E-state index in [1.54, 1.807) is 0 Å². The van der Waals surface area contributed by atoms with E-state index in [9.17, 15) is 4.79 Å². The summed E-state index contributed by atoms with van der Waals surface area (Å²) in [6.07, 6.45) is 3.16. The van der Waals surface area contributed by atoms with Crippen LogP contribution in [0.1, 0.15) is 74.6 Å². The molecule has 0 radical (unpaired) electrons. The molecule has 1 aliphatic rings. The maximum absolute atomic E-state index is 11.8. The topological polar surface area (TPSA) is 35.5 Å². The lowest BCUT2D eigenvalue weighted by Crippen LogP contribution is -2.23. The molecule has 1 aliphatic heterocycles. The predicted octanol–water partition coefficient (Wildman–Crippen LogP) is 7.92. The third-order valence-corrected chi connectivity index (χ3v) is 7.04. The number of rotatable bonds is 8. The van der Waals surface area contributed by atoms with Crippen LogP contribution in [0.2, 0.25) is 0 Å². The van der Waals surface area contributed by atoms with Crippen LogP contribution in [0, 0.1) is 6.92 Å². The highest BCUT2D eigenvalue weighted by Crippen LogP contribution is 2.49. The fourth-order valence-electron chi connectivity index (χ4n) is 4.28. The van der Waals surface area contributed by atoms with E-state index < -0.39 is 5.60 Å². The number of fused-ring (bicyclic) bond motifs is 2. The summed E-state index contributed by atoms with van der Waals surface area (Å²) in [5.74, 6) is 1.01. The molecule has 1 heterocycles. The highest BCUT2D eigenvalue weighted by Gasteiger charge is 2.27. The Morgan fingerprint density at radius 1 is 0.882 bits per heavy atom. The lowest BCUT2D eigenvalue weighted by molar-refractivity contribution is -0.154. The molecule has 4 heteroatoms. The number of esters is 1. The Labute approximate surface area is 207 Å². The predicted molar refractivity (Wildman–Crippen MR) is 139 cm³/mol. The molecule has 0 saturated heterocycles. The smallest absolute Gasteiger partial charge is 0.306 e. The summed E-state index contributed by atoms with van der Waals surface area (Å²) in [7, 11) is 0. The van der Waals surface area contributed by atoms with E-state index in [1.807, 2.05) is 32.5 Å². The maximum Gasteiger partial charge on any atom is 0.306 e. The van der Waals surface area contributed by atoms with Gasteiger partial charge in [-0.15, -0.1) is 0 Å². The van der Waals surface area contributed by atoms with Gasteiger partial charge >= 0.3 is 5.97 Å². The number of hydrogen-bond donors (Lipinski definition) is 0. The van der Waals surface area contributed by atoms with E-state index >= 15 is 0 Å². The van der Waals surface area contributed by atoms with Gasteiger partial charge in [0, 0.05) is 22.1 Å². The van der Waals surface area contributed by atoms with Crippen LogP contribution in [0.4, 0.5) is 0 Å². The highest BCUT2D eigenvalue weighted by molar-refractivity contribution is 7.99. The summed E-state index contributed by atoms with van der Waals surface area (Å²) in [6.45, 7) is 8.48. The minimum absolute atomic E-state index is 0.122. The number of hydrogen-bond acceptors (Lipinski definition) is 4. The normalized spacial score (nSPS) is 14.8. The Balaban J connectivity index is 1.38. The van der Waals surface area contributed by atoms with E-state index in [2.05, 4.69) is 73.7 Å². The third-order valence-electron chi connectivity index (χ3n) is 5.87. The Morgan fingerprint density at radius 2 is 1.62 bits per heavy atom. The zero-order valence-corrected chi connectivity index (χ0v) is 21.4. The highest BCUT2D eigenvalue weighted by atomic mass is 32.2. The standard InChI is InChI=1S/C30H34O3S/c1-21-13-15-22(16-14-21)29-24-10-7-8-11-26(24)34-27-20-23(17-18-25(27)29)32-19-9-5-6-12-28(31)33-30(2,3)4/h7-8,10-11,13-18,20,29H,5-6,9,12,19H2,1-4H3. The van der Waals surface area contributed by atoms with E-state index in [4.69, 9.17) is 9.47 Å². The number of unbranched alkanes of at least 4 members (excludes halogenated alkanes) is 2. The van der Waals surface area contributed by atoms with Gasteiger partial charge in [0.25, 0.3) is 0 Å². The number of ether oxygens (including phenoxy) is 2. The molecule has 3 nitrogen and oxygen atoms in total. The molecule has 1 atom stereocenters. The van der Waals surface area contributed by atoms with Gasteiger partial charge in [-0.1, -0.05) is 65.9 Å². The first-order valence-corrected chi connectivity index (χ1v) is 12.9. The summed E-state index contributed by atoms with van der Waals surface area (Å²) in [6, 6.07) is 24.1. The third kappa shape index (κ3) is 6.24. The average Bonchev–Trinajstić information content (AvgIpc) is 2.79. The van der Waals surface area contributed by atoms with Crippen LogP contribution in [0.25, 0.3) is 0 Å². The van der Waals surface area contributed by atoms with Crippen LogP contribution >= 0.6 is 11.8 Å². The Morgan fingerprint density at radius 3 is 2.38 bits per heavy atom. The Kier molecular flexibility index (Phi) is 7.67. The van der Waals surface area contributed by atoms with Crippen molar-refractivity contribution < 1.29 is 14.3 Å². The zero-order chi connectivity index (χ0) is 24.1. The second-order valence-electron chi connectivity index (χ2n) is 9.93. The Bertz CT molecular complexity index is 1130. The molecular weight excluding hydrogens is 440 g/mol. The second kappa shape index (κ2) is 10.7. The average molecular weight is 475 g/mol. The Hall–Kier alpha value is -2.72. The van der Waals surface area contributed by atoms with Gasteiger partial charge in [0.05, 0.1) is 6.61 Å². The van der Waals surface area contributed by atoms with Crippen LogP contribution in [0.15, 0.2) is 76.5 Å². The molecule has 0 N–H and O–H groups in total. The van der Waals surface area contributed by atoms with Crippen molar-refractivity contribution in [3.8, 4) is 5.75 Å². The number of aryl methyl sites for hydroxylation is 1. The van der Waals surface area contributed by atoms with E-state index in [-0.39, 0.29) is 11.9 Å².